The van der Waals surface area contributed by atoms with E-state index >= 15 is 0 Å². The Morgan fingerprint density at radius 3 is 2.71 bits per heavy atom. The number of aromatic nitrogens is 5. The molecule has 1 saturated heterocycles. The first kappa shape index (κ1) is 19.9. The van der Waals surface area contributed by atoms with Crippen molar-refractivity contribution in [1.29, 1.82) is 0 Å². The van der Waals surface area contributed by atoms with Gasteiger partial charge < -0.3 is 18.9 Å². The second-order valence-corrected chi connectivity index (χ2v) is 7.75. The highest BCUT2D eigenvalue weighted by molar-refractivity contribution is 5.83. The maximum absolute atomic E-state index is 13.6. The van der Waals surface area contributed by atoms with E-state index in [0.717, 1.165) is 30.7 Å². The molecule has 0 bridgehead atoms. The molecule has 1 fully saturated rings. The molecule has 1 atom stereocenters. The van der Waals surface area contributed by atoms with E-state index in [2.05, 4.69) is 20.0 Å². The zero-order valence-electron chi connectivity index (χ0n) is 17.3. The van der Waals surface area contributed by atoms with Crippen molar-refractivity contribution >= 4 is 16.6 Å². The Morgan fingerprint density at radius 2 is 1.94 bits per heavy atom. The number of para-hydroxylation sites is 2. The van der Waals surface area contributed by atoms with Crippen LogP contribution in [0.5, 0.6) is 0 Å². The number of benzene rings is 1. The Hall–Kier alpha value is -3.08. The Balaban J connectivity index is 1.62. The summed E-state index contributed by atoms with van der Waals surface area (Å²) in [6.07, 6.45) is 1.62. The predicted octanol–water partition coefficient (Wildman–Crippen LogP) is 1.13. The quantitative estimate of drug-likeness (QED) is 0.490. The molecule has 0 saturated carbocycles. The summed E-state index contributed by atoms with van der Waals surface area (Å²) in [6, 6.07) is 7.78. The van der Waals surface area contributed by atoms with Gasteiger partial charge in [-0.05, 0) is 12.1 Å². The second-order valence-electron chi connectivity index (χ2n) is 7.75. The van der Waals surface area contributed by atoms with Crippen molar-refractivity contribution in [3.8, 4) is 11.5 Å². The van der Waals surface area contributed by atoms with Gasteiger partial charge in [0, 0.05) is 26.2 Å². The lowest BCUT2D eigenvalue weighted by molar-refractivity contribution is 0.0364. The van der Waals surface area contributed by atoms with Crippen LogP contribution in [-0.4, -0.2) is 73.6 Å². The van der Waals surface area contributed by atoms with E-state index in [4.69, 9.17) is 9.26 Å². The SMILES string of the molecule is CC(CO)c1nc(-c2ncn3c2c(=O)n(CCN2CCOCC2)c2ccccc23)no1. The number of aliphatic hydroxyl groups excluding tert-OH is 1. The van der Waals surface area contributed by atoms with Crippen LogP contribution in [0, 0.1) is 0 Å². The van der Waals surface area contributed by atoms with E-state index in [9.17, 15) is 9.90 Å². The molecule has 1 aliphatic heterocycles. The first-order valence-corrected chi connectivity index (χ1v) is 10.4. The molecular formula is C21H24N6O4. The molecule has 1 N–H and O–H groups in total. The Bertz CT molecular complexity index is 1270. The van der Waals surface area contributed by atoms with Gasteiger partial charge in [0.15, 0.2) is 0 Å². The highest BCUT2D eigenvalue weighted by atomic mass is 16.5. The minimum atomic E-state index is -0.291. The zero-order valence-corrected chi connectivity index (χ0v) is 17.3. The van der Waals surface area contributed by atoms with E-state index in [0.29, 0.717) is 36.9 Å². The summed E-state index contributed by atoms with van der Waals surface area (Å²) >= 11 is 0. The van der Waals surface area contributed by atoms with Crippen molar-refractivity contribution in [2.75, 3.05) is 39.5 Å². The summed E-state index contributed by atoms with van der Waals surface area (Å²) in [5, 5.41) is 13.4. The monoisotopic (exact) mass is 424 g/mol. The molecule has 31 heavy (non-hydrogen) atoms. The number of nitrogens with zero attached hydrogens (tertiary/aromatic N) is 6. The fraction of sp³-hybridized carbons (Fsp3) is 0.429. The zero-order chi connectivity index (χ0) is 21.4. The van der Waals surface area contributed by atoms with Gasteiger partial charge in [-0.3, -0.25) is 14.1 Å². The van der Waals surface area contributed by atoms with Crippen molar-refractivity contribution in [2.45, 2.75) is 19.4 Å². The molecule has 4 heterocycles. The third kappa shape index (κ3) is 3.52. The second kappa shape index (κ2) is 8.22. The summed E-state index contributed by atoms with van der Waals surface area (Å²) in [7, 11) is 0. The van der Waals surface area contributed by atoms with Crippen LogP contribution >= 0.6 is 0 Å². The van der Waals surface area contributed by atoms with Crippen molar-refractivity contribution < 1.29 is 14.4 Å². The van der Waals surface area contributed by atoms with E-state index in [1.54, 1.807) is 22.2 Å². The topological polar surface area (TPSA) is 111 Å². The van der Waals surface area contributed by atoms with Crippen molar-refractivity contribution in [2.24, 2.45) is 0 Å². The average Bonchev–Trinajstić information content (AvgIpc) is 3.47. The highest BCUT2D eigenvalue weighted by Gasteiger charge is 2.22. The molecule has 10 heteroatoms. The molecule has 5 rings (SSSR count). The molecule has 3 aromatic heterocycles. The standard InChI is InChI=1S/C21H24N6O4/c1-14(12-28)20-23-19(24-31-20)17-18-21(29)26(7-6-25-8-10-30-11-9-25)15-4-2-3-5-16(15)27(18)13-22-17/h2-5,13-14,28H,6-12H2,1H3. The lowest BCUT2D eigenvalue weighted by atomic mass is 10.2. The summed E-state index contributed by atoms with van der Waals surface area (Å²) in [5.74, 6) is 0.262. The minimum Gasteiger partial charge on any atom is -0.396 e. The van der Waals surface area contributed by atoms with E-state index in [-0.39, 0.29) is 23.9 Å². The Labute approximate surface area is 177 Å². The van der Waals surface area contributed by atoms with Crippen LogP contribution in [0.3, 0.4) is 0 Å². The lowest BCUT2D eigenvalue weighted by Gasteiger charge is -2.27. The van der Waals surface area contributed by atoms with Crippen molar-refractivity contribution in [1.82, 2.24) is 29.0 Å². The molecule has 0 radical (unpaired) electrons. The minimum absolute atomic E-state index is 0.107. The summed E-state index contributed by atoms with van der Waals surface area (Å²) in [4.78, 5) is 24.7. The third-order valence-electron chi connectivity index (χ3n) is 5.74. The van der Waals surface area contributed by atoms with Crippen LogP contribution in [0.25, 0.3) is 28.1 Å². The van der Waals surface area contributed by atoms with Crippen LogP contribution in [-0.2, 0) is 11.3 Å². The molecule has 0 amide bonds. The van der Waals surface area contributed by atoms with Gasteiger partial charge in [-0.15, -0.1) is 0 Å². The van der Waals surface area contributed by atoms with Gasteiger partial charge in [0.1, 0.15) is 17.5 Å². The number of rotatable bonds is 6. The number of aliphatic hydroxyl groups is 1. The molecule has 0 spiro atoms. The largest absolute Gasteiger partial charge is 0.396 e. The molecule has 1 aromatic carbocycles. The number of fused-ring (bicyclic) bond motifs is 3. The average molecular weight is 424 g/mol. The smallest absolute Gasteiger partial charge is 0.277 e. The fourth-order valence-corrected chi connectivity index (χ4v) is 3.93. The van der Waals surface area contributed by atoms with Gasteiger partial charge in [0.25, 0.3) is 5.56 Å². The summed E-state index contributed by atoms with van der Waals surface area (Å²) in [5.41, 5.74) is 2.35. The van der Waals surface area contributed by atoms with Gasteiger partial charge >= 0.3 is 0 Å². The van der Waals surface area contributed by atoms with Crippen LogP contribution in [0.4, 0.5) is 0 Å². The fourth-order valence-electron chi connectivity index (χ4n) is 3.93. The molecule has 0 aliphatic carbocycles. The van der Waals surface area contributed by atoms with Crippen LogP contribution in [0.15, 0.2) is 39.9 Å². The Kier molecular flexibility index (Phi) is 5.26. The van der Waals surface area contributed by atoms with Gasteiger partial charge in [0.2, 0.25) is 11.7 Å². The van der Waals surface area contributed by atoms with E-state index in [1.165, 1.54) is 0 Å². The predicted molar refractivity (Wildman–Crippen MR) is 113 cm³/mol. The molecule has 4 aromatic rings. The summed E-state index contributed by atoms with van der Waals surface area (Å²) in [6.45, 7) is 6.15. The normalized spacial score (nSPS) is 16.3. The third-order valence-corrected chi connectivity index (χ3v) is 5.74. The van der Waals surface area contributed by atoms with Crippen LogP contribution < -0.4 is 5.56 Å². The molecule has 10 nitrogen and oxygen atoms in total. The lowest BCUT2D eigenvalue weighted by Crippen LogP contribution is -2.39. The number of morpholine rings is 1. The van der Waals surface area contributed by atoms with Gasteiger partial charge in [-0.1, -0.05) is 24.2 Å². The van der Waals surface area contributed by atoms with Crippen molar-refractivity contribution in [3.63, 3.8) is 0 Å². The molecule has 1 aliphatic rings. The van der Waals surface area contributed by atoms with Gasteiger partial charge in [0.05, 0.1) is 36.8 Å². The van der Waals surface area contributed by atoms with Crippen LogP contribution in [0.2, 0.25) is 0 Å². The number of hydrogen-bond donors (Lipinski definition) is 1. The first-order valence-electron chi connectivity index (χ1n) is 10.4. The highest BCUT2D eigenvalue weighted by Crippen LogP contribution is 2.24. The molecule has 162 valence electrons. The van der Waals surface area contributed by atoms with Crippen molar-refractivity contribution in [3.05, 3.63) is 46.8 Å². The molecule has 1 unspecified atom stereocenters. The van der Waals surface area contributed by atoms with Gasteiger partial charge in [-0.2, -0.15) is 4.98 Å². The molecular weight excluding hydrogens is 400 g/mol. The van der Waals surface area contributed by atoms with E-state index < -0.39 is 0 Å². The van der Waals surface area contributed by atoms with E-state index in [1.807, 2.05) is 24.3 Å². The summed E-state index contributed by atoms with van der Waals surface area (Å²) < 4.78 is 14.3. The number of imidazole rings is 1. The Morgan fingerprint density at radius 1 is 1.16 bits per heavy atom. The first-order chi connectivity index (χ1) is 15.2. The maximum atomic E-state index is 13.6. The number of hydrogen-bond acceptors (Lipinski definition) is 8. The van der Waals surface area contributed by atoms with Crippen LogP contribution in [0.1, 0.15) is 18.7 Å². The maximum Gasteiger partial charge on any atom is 0.277 e. The number of ether oxygens (including phenoxy) is 1. The van der Waals surface area contributed by atoms with Gasteiger partial charge in [-0.25, -0.2) is 4.98 Å².